The maximum atomic E-state index is 5.49. The van der Waals surface area contributed by atoms with Gasteiger partial charge in [-0.1, -0.05) is 86.4 Å². The van der Waals surface area contributed by atoms with E-state index in [1.807, 2.05) is 6.61 Å². The lowest BCUT2D eigenvalue weighted by atomic mass is 10.1. The molecule has 0 rings (SSSR count). The van der Waals surface area contributed by atoms with Crippen molar-refractivity contribution in [2.24, 2.45) is 0 Å². The molecule has 0 aliphatic rings. The van der Waals surface area contributed by atoms with Crippen LogP contribution in [0.1, 0.15) is 84.0 Å². The average molecular weight is 346 g/mol. The van der Waals surface area contributed by atoms with Gasteiger partial charge < -0.3 is 4.74 Å². The molecule has 0 unspecified atom stereocenters. The molecule has 0 N–H and O–H groups in total. The van der Waals surface area contributed by atoms with Gasteiger partial charge in [0, 0.05) is 5.33 Å². The van der Waals surface area contributed by atoms with Crippen molar-refractivity contribution in [2.45, 2.75) is 84.0 Å². The standard InChI is InChI=1S/C18H34BrO/c1-2-3-4-5-8-11-14-17-20-18-15-12-9-6-7-10-13-16-19/h11,14,18H,2-10,12-13,15-17H2,1H3/b14-11-. The Bertz CT molecular complexity index is 192. The van der Waals surface area contributed by atoms with Crippen LogP contribution in [0.5, 0.6) is 0 Å². The van der Waals surface area contributed by atoms with E-state index in [1.165, 1.54) is 70.6 Å². The Labute approximate surface area is 135 Å². The van der Waals surface area contributed by atoms with Gasteiger partial charge in [0.15, 0.2) is 0 Å². The van der Waals surface area contributed by atoms with E-state index in [9.17, 15) is 0 Å². The molecule has 1 nitrogen and oxygen atoms in total. The minimum absolute atomic E-state index is 0.749. The molecular weight excluding hydrogens is 312 g/mol. The van der Waals surface area contributed by atoms with Gasteiger partial charge in [0.2, 0.25) is 0 Å². The van der Waals surface area contributed by atoms with Crippen molar-refractivity contribution in [3.63, 3.8) is 0 Å². The highest BCUT2D eigenvalue weighted by atomic mass is 79.9. The van der Waals surface area contributed by atoms with Crippen LogP contribution in [-0.4, -0.2) is 11.9 Å². The van der Waals surface area contributed by atoms with E-state index in [0.717, 1.165) is 18.4 Å². The van der Waals surface area contributed by atoms with E-state index in [1.54, 1.807) is 0 Å². The number of hydrogen-bond acceptors (Lipinski definition) is 1. The largest absolute Gasteiger partial charge is 0.371 e. The van der Waals surface area contributed by atoms with Gasteiger partial charge >= 0.3 is 0 Å². The Balaban J connectivity index is 3.00. The second-order valence-electron chi connectivity index (χ2n) is 5.42. The molecule has 119 valence electrons. The normalized spacial score (nSPS) is 11.5. The highest BCUT2D eigenvalue weighted by Gasteiger charge is 1.92. The Morgan fingerprint density at radius 1 is 0.750 bits per heavy atom. The summed E-state index contributed by atoms with van der Waals surface area (Å²) < 4.78 is 5.49. The summed E-state index contributed by atoms with van der Waals surface area (Å²) in [5.41, 5.74) is 0. The third kappa shape index (κ3) is 18.2. The number of halogens is 1. The molecule has 0 aliphatic heterocycles. The van der Waals surface area contributed by atoms with Crippen molar-refractivity contribution in [1.29, 1.82) is 0 Å². The predicted octanol–water partition coefficient (Wildman–Crippen LogP) is 6.82. The molecule has 0 spiro atoms. The molecule has 0 atom stereocenters. The van der Waals surface area contributed by atoms with Crippen molar-refractivity contribution in [1.82, 2.24) is 0 Å². The molecule has 0 aromatic heterocycles. The van der Waals surface area contributed by atoms with Gasteiger partial charge in [-0.2, -0.15) is 0 Å². The maximum Gasteiger partial charge on any atom is 0.0841 e. The van der Waals surface area contributed by atoms with Crippen LogP contribution in [0.3, 0.4) is 0 Å². The molecule has 0 bridgehead atoms. The van der Waals surface area contributed by atoms with Crippen LogP contribution < -0.4 is 0 Å². The fourth-order valence-corrected chi connectivity index (χ4v) is 2.51. The van der Waals surface area contributed by atoms with Gasteiger partial charge in [-0.05, 0) is 25.7 Å². The fourth-order valence-electron chi connectivity index (χ4n) is 2.11. The number of allylic oxidation sites excluding steroid dienone is 1. The van der Waals surface area contributed by atoms with Gasteiger partial charge in [-0.25, -0.2) is 0 Å². The molecule has 2 heteroatoms. The van der Waals surface area contributed by atoms with Crippen LogP contribution in [0.4, 0.5) is 0 Å². The van der Waals surface area contributed by atoms with E-state index in [2.05, 4.69) is 35.0 Å². The lowest BCUT2D eigenvalue weighted by Gasteiger charge is -2.01. The van der Waals surface area contributed by atoms with Crippen LogP contribution in [0, 0.1) is 6.61 Å². The summed E-state index contributed by atoms with van der Waals surface area (Å²) >= 11 is 3.47. The number of unbranched alkanes of at least 4 members (excludes halogenated alkanes) is 10. The second-order valence-corrected chi connectivity index (χ2v) is 6.21. The Hall–Kier alpha value is 0.180. The first-order chi connectivity index (χ1) is 9.91. The summed E-state index contributed by atoms with van der Waals surface area (Å²) in [6, 6.07) is 0. The molecule has 0 saturated heterocycles. The summed E-state index contributed by atoms with van der Waals surface area (Å²) in [6.07, 6.45) is 20.2. The summed E-state index contributed by atoms with van der Waals surface area (Å²) in [6.45, 7) is 4.99. The molecule has 0 aromatic rings. The van der Waals surface area contributed by atoms with Gasteiger partial charge in [0.25, 0.3) is 0 Å². The first-order valence-corrected chi connectivity index (χ1v) is 9.68. The summed E-state index contributed by atoms with van der Waals surface area (Å²) in [7, 11) is 0. The average Bonchev–Trinajstić information content (AvgIpc) is 2.47. The molecular formula is C18H34BrO. The smallest absolute Gasteiger partial charge is 0.0841 e. The van der Waals surface area contributed by atoms with Crippen molar-refractivity contribution in [3.8, 4) is 0 Å². The third-order valence-corrected chi connectivity index (χ3v) is 3.97. The first kappa shape index (κ1) is 20.2. The Morgan fingerprint density at radius 2 is 1.40 bits per heavy atom. The predicted molar refractivity (Wildman–Crippen MR) is 94.3 cm³/mol. The van der Waals surface area contributed by atoms with Crippen molar-refractivity contribution < 1.29 is 4.74 Å². The molecule has 1 radical (unpaired) electrons. The minimum atomic E-state index is 0.749. The maximum absolute atomic E-state index is 5.49. The molecule has 20 heavy (non-hydrogen) atoms. The molecule has 0 saturated carbocycles. The van der Waals surface area contributed by atoms with E-state index in [-0.39, 0.29) is 0 Å². The number of ether oxygens (including phenoxy) is 1. The number of alkyl halides is 1. The van der Waals surface area contributed by atoms with Crippen LogP contribution in [0.2, 0.25) is 0 Å². The zero-order valence-electron chi connectivity index (χ0n) is 13.4. The minimum Gasteiger partial charge on any atom is -0.371 e. The second kappa shape index (κ2) is 19.2. The summed E-state index contributed by atoms with van der Waals surface area (Å²) in [4.78, 5) is 0. The number of rotatable bonds is 16. The molecule has 0 heterocycles. The monoisotopic (exact) mass is 345 g/mol. The lowest BCUT2D eigenvalue weighted by molar-refractivity contribution is 0.222. The quantitative estimate of drug-likeness (QED) is 0.169. The van der Waals surface area contributed by atoms with Crippen LogP contribution >= 0.6 is 15.9 Å². The topological polar surface area (TPSA) is 9.23 Å². The summed E-state index contributed by atoms with van der Waals surface area (Å²) in [5.74, 6) is 0. The highest BCUT2D eigenvalue weighted by Crippen LogP contribution is 2.09. The van der Waals surface area contributed by atoms with Crippen molar-refractivity contribution >= 4 is 15.9 Å². The number of hydrogen-bond donors (Lipinski definition) is 0. The van der Waals surface area contributed by atoms with Gasteiger partial charge in [0.1, 0.15) is 0 Å². The van der Waals surface area contributed by atoms with E-state index in [4.69, 9.17) is 4.74 Å². The van der Waals surface area contributed by atoms with Crippen LogP contribution in [0.15, 0.2) is 12.2 Å². The van der Waals surface area contributed by atoms with E-state index < -0.39 is 0 Å². The molecule has 0 fully saturated rings. The molecule has 0 aromatic carbocycles. The van der Waals surface area contributed by atoms with Crippen molar-refractivity contribution in [2.75, 3.05) is 11.9 Å². The van der Waals surface area contributed by atoms with Gasteiger partial charge in [-0.3, -0.25) is 0 Å². The lowest BCUT2D eigenvalue weighted by Crippen LogP contribution is -1.88. The molecule has 0 aliphatic carbocycles. The van der Waals surface area contributed by atoms with E-state index >= 15 is 0 Å². The SMILES string of the molecule is CCCCCC/C=C\CO[CH]CCCCCCCCBr. The third-order valence-electron chi connectivity index (χ3n) is 3.41. The van der Waals surface area contributed by atoms with E-state index in [0.29, 0.717) is 0 Å². The summed E-state index contributed by atoms with van der Waals surface area (Å²) in [5, 5.41) is 1.15. The van der Waals surface area contributed by atoms with Gasteiger partial charge in [-0.15, -0.1) is 0 Å². The zero-order valence-corrected chi connectivity index (χ0v) is 15.0. The Kier molecular flexibility index (Phi) is 19.4. The van der Waals surface area contributed by atoms with Crippen LogP contribution in [0.25, 0.3) is 0 Å². The van der Waals surface area contributed by atoms with Gasteiger partial charge in [0.05, 0.1) is 13.2 Å². The zero-order chi connectivity index (χ0) is 14.7. The first-order valence-electron chi connectivity index (χ1n) is 8.56. The molecule has 0 amide bonds. The fraction of sp³-hybridized carbons (Fsp3) is 0.833. The van der Waals surface area contributed by atoms with Crippen LogP contribution in [-0.2, 0) is 4.74 Å². The van der Waals surface area contributed by atoms with Crippen molar-refractivity contribution in [3.05, 3.63) is 18.8 Å². The highest BCUT2D eigenvalue weighted by molar-refractivity contribution is 9.09. The Morgan fingerprint density at radius 3 is 2.15 bits per heavy atom.